The van der Waals surface area contributed by atoms with Crippen LogP contribution in [0.5, 0.6) is 5.75 Å². The van der Waals surface area contributed by atoms with Crippen molar-refractivity contribution in [2.75, 3.05) is 7.11 Å². The van der Waals surface area contributed by atoms with E-state index in [4.69, 9.17) is 4.74 Å². The molecular weight excluding hydrogens is 352 g/mol. The Morgan fingerprint density at radius 2 is 1.96 bits per heavy atom. The number of aliphatic imine (C=N–C) groups is 1. The van der Waals surface area contributed by atoms with E-state index < -0.39 is 0 Å². The highest BCUT2D eigenvalue weighted by atomic mass is 16.5. The second kappa shape index (κ2) is 7.39. The number of nitrogens with zero attached hydrogens (tertiary/aromatic N) is 3. The number of rotatable bonds is 3. The Morgan fingerprint density at radius 3 is 2.68 bits per heavy atom. The van der Waals surface area contributed by atoms with Crippen molar-refractivity contribution < 1.29 is 9.53 Å². The van der Waals surface area contributed by atoms with Crippen LogP contribution in [0.15, 0.2) is 71.7 Å². The monoisotopic (exact) mass is 370 g/mol. The lowest BCUT2D eigenvalue weighted by Crippen LogP contribution is -2.28. The summed E-state index contributed by atoms with van der Waals surface area (Å²) < 4.78 is 7.08. The van der Waals surface area contributed by atoms with Crippen molar-refractivity contribution in [3.8, 4) is 16.9 Å². The first-order valence-corrected chi connectivity index (χ1v) is 8.73. The molecule has 28 heavy (non-hydrogen) atoms. The highest BCUT2D eigenvalue weighted by Crippen LogP contribution is 2.39. The maximum absolute atomic E-state index is 12.5. The molecule has 0 radical (unpaired) electrons. The Labute approximate surface area is 162 Å². The van der Waals surface area contributed by atoms with Crippen LogP contribution in [0.1, 0.15) is 15.9 Å². The Kier molecular flexibility index (Phi) is 4.62. The lowest BCUT2D eigenvalue weighted by Gasteiger charge is -2.13. The number of hydrogen-bond donors (Lipinski definition) is 1. The van der Waals surface area contributed by atoms with Crippen LogP contribution in [-0.2, 0) is 7.05 Å². The zero-order valence-electron chi connectivity index (χ0n) is 15.5. The molecule has 6 heteroatoms. The number of aryl methyl sites for hydroxylation is 1. The second-order valence-corrected chi connectivity index (χ2v) is 6.25. The van der Waals surface area contributed by atoms with Crippen molar-refractivity contribution in [3.05, 3.63) is 77.8 Å². The van der Waals surface area contributed by atoms with E-state index in [0.29, 0.717) is 22.8 Å². The third kappa shape index (κ3) is 3.37. The van der Waals surface area contributed by atoms with Gasteiger partial charge in [0.05, 0.1) is 18.9 Å². The van der Waals surface area contributed by atoms with Gasteiger partial charge in [-0.1, -0.05) is 30.3 Å². The van der Waals surface area contributed by atoms with Crippen molar-refractivity contribution in [3.63, 3.8) is 0 Å². The van der Waals surface area contributed by atoms with Crippen molar-refractivity contribution in [1.82, 2.24) is 15.1 Å². The van der Waals surface area contributed by atoms with E-state index in [-0.39, 0.29) is 5.91 Å². The first-order chi connectivity index (χ1) is 13.7. The zero-order chi connectivity index (χ0) is 19.5. The lowest BCUT2D eigenvalue weighted by molar-refractivity contribution is 0.0977. The number of fused-ring (bicyclic) bond motifs is 1. The average Bonchev–Trinajstić information content (AvgIpc) is 3.04. The number of amides is 1. The molecule has 0 saturated carbocycles. The van der Waals surface area contributed by atoms with E-state index in [1.807, 2.05) is 48.5 Å². The van der Waals surface area contributed by atoms with E-state index in [9.17, 15) is 4.79 Å². The largest absolute Gasteiger partial charge is 0.494 e. The van der Waals surface area contributed by atoms with Gasteiger partial charge in [0.25, 0.3) is 5.91 Å². The summed E-state index contributed by atoms with van der Waals surface area (Å²) >= 11 is 0. The standard InChI is InChI=1S/C22H18N4O2/c1-26-14-16(13-23-26)22(27)25-20-10-6-9-18-17(15-7-4-3-5-8-15)11-12-19(28-2)21(18)24-20/h3-5,7-14H,1-2H3,(H,24,25,27). The SMILES string of the molecule is COc1ccc(-c2ccccc2)c2c1N=C(NC(=O)c1cnn(C)c1)C=C=C2. The number of ether oxygens (including phenoxy) is 1. The number of hydrogen-bond acceptors (Lipinski definition) is 4. The summed E-state index contributed by atoms with van der Waals surface area (Å²) in [5.41, 5.74) is 7.17. The molecule has 0 fully saturated rings. The second-order valence-electron chi connectivity index (χ2n) is 6.25. The third-order valence-corrected chi connectivity index (χ3v) is 4.37. The smallest absolute Gasteiger partial charge is 0.260 e. The van der Waals surface area contributed by atoms with E-state index in [1.165, 1.54) is 6.20 Å². The van der Waals surface area contributed by atoms with Gasteiger partial charge in [0.15, 0.2) is 0 Å². The lowest BCUT2D eigenvalue weighted by atomic mass is 9.97. The molecule has 0 unspecified atom stereocenters. The van der Waals surface area contributed by atoms with Crippen LogP contribution in [0.25, 0.3) is 17.2 Å². The molecule has 3 aromatic rings. The molecule has 0 bridgehead atoms. The molecular formula is C22H18N4O2. The van der Waals surface area contributed by atoms with E-state index in [1.54, 1.807) is 31.1 Å². The van der Waals surface area contributed by atoms with Gasteiger partial charge >= 0.3 is 0 Å². The predicted molar refractivity (Wildman–Crippen MR) is 109 cm³/mol. The van der Waals surface area contributed by atoms with Crippen molar-refractivity contribution >= 4 is 23.5 Å². The summed E-state index contributed by atoms with van der Waals surface area (Å²) in [7, 11) is 3.36. The fourth-order valence-electron chi connectivity index (χ4n) is 3.03. The molecule has 0 atom stereocenters. The number of nitrogens with one attached hydrogen (secondary N) is 1. The van der Waals surface area contributed by atoms with Gasteiger partial charge in [-0.15, -0.1) is 5.73 Å². The Bertz CT molecular complexity index is 1140. The molecule has 0 aliphatic carbocycles. The zero-order valence-corrected chi connectivity index (χ0v) is 15.5. The van der Waals surface area contributed by atoms with Gasteiger partial charge in [-0.05, 0) is 29.3 Å². The predicted octanol–water partition coefficient (Wildman–Crippen LogP) is 3.74. The number of carbonyl (C=O) groups is 1. The number of carbonyl (C=O) groups excluding carboxylic acids is 1. The normalized spacial score (nSPS) is 12.1. The minimum atomic E-state index is -0.286. The highest BCUT2D eigenvalue weighted by Gasteiger charge is 2.17. The molecule has 1 N–H and O–H groups in total. The molecule has 2 aromatic carbocycles. The molecule has 1 aliphatic rings. The first-order valence-electron chi connectivity index (χ1n) is 8.73. The van der Waals surface area contributed by atoms with Crippen LogP contribution < -0.4 is 10.1 Å². The summed E-state index contributed by atoms with van der Waals surface area (Å²) in [6.45, 7) is 0. The van der Waals surface area contributed by atoms with Crippen molar-refractivity contribution in [1.29, 1.82) is 0 Å². The van der Waals surface area contributed by atoms with Crippen LogP contribution in [0.2, 0.25) is 0 Å². The van der Waals surface area contributed by atoms with Crippen LogP contribution in [-0.4, -0.2) is 28.6 Å². The summed E-state index contributed by atoms with van der Waals surface area (Å²) in [6, 6.07) is 13.9. The van der Waals surface area contributed by atoms with E-state index >= 15 is 0 Å². The topological polar surface area (TPSA) is 68.5 Å². The fraction of sp³-hybridized carbons (Fsp3) is 0.0909. The Hall–Kier alpha value is -3.89. The van der Waals surface area contributed by atoms with Crippen LogP contribution in [0.4, 0.5) is 5.69 Å². The van der Waals surface area contributed by atoms with Gasteiger partial charge in [-0.2, -0.15) is 5.10 Å². The average molecular weight is 370 g/mol. The van der Waals surface area contributed by atoms with Crippen LogP contribution in [0.3, 0.4) is 0 Å². The first kappa shape index (κ1) is 17.5. The number of amidine groups is 1. The van der Waals surface area contributed by atoms with Gasteiger partial charge in [0, 0.05) is 24.9 Å². The molecule has 6 nitrogen and oxygen atoms in total. The van der Waals surface area contributed by atoms with Crippen LogP contribution >= 0.6 is 0 Å². The molecule has 1 amide bonds. The quantitative estimate of drug-likeness (QED) is 0.714. The minimum Gasteiger partial charge on any atom is -0.494 e. The van der Waals surface area contributed by atoms with Gasteiger partial charge in [-0.3, -0.25) is 9.48 Å². The van der Waals surface area contributed by atoms with Gasteiger partial charge in [-0.25, -0.2) is 4.99 Å². The maximum atomic E-state index is 12.5. The molecule has 4 rings (SSSR count). The fourth-order valence-corrected chi connectivity index (χ4v) is 3.03. The molecule has 2 heterocycles. The minimum absolute atomic E-state index is 0.286. The summed E-state index contributed by atoms with van der Waals surface area (Å²) in [5, 5.41) is 6.83. The van der Waals surface area contributed by atoms with Crippen LogP contribution in [0, 0.1) is 0 Å². The third-order valence-electron chi connectivity index (χ3n) is 4.37. The number of benzene rings is 2. The molecule has 1 aliphatic heterocycles. The van der Waals surface area contributed by atoms with Gasteiger partial charge in [0.1, 0.15) is 17.3 Å². The Morgan fingerprint density at radius 1 is 1.14 bits per heavy atom. The van der Waals surface area contributed by atoms with Gasteiger partial charge in [0.2, 0.25) is 0 Å². The van der Waals surface area contributed by atoms with E-state index in [2.05, 4.69) is 21.1 Å². The van der Waals surface area contributed by atoms with Crippen molar-refractivity contribution in [2.24, 2.45) is 12.0 Å². The molecule has 0 spiro atoms. The number of aromatic nitrogens is 2. The van der Waals surface area contributed by atoms with Gasteiger partial charge < -0.3 is 10.1 Å². The van der Waals surface area contributed by atoms with Crippen molar-refractivity contribution in [2.45, 2.75) is 0 Å². The molecule has 1 aromatic heterocycles. The summed E-state index contributed by atoms with van der Waals surface area (Å²) in [6.07, 6.45) is 6.65. The maximum Gasteiger partial charge on any atom is 0.260 e. The highest BCUT2D eigenvalue weighted by molar-refractivity contribution is 6.11. The van der Waals surface area contributed by atoms with E-state index in [0.717, 1.165) is 16.7 Å². The molecule has 138 valence electrons. The Balaban J connectivity index is 1.76. The summed E-state index contributed by atoms with van der Waals surface area (Å²) in [5.74, 6) is 0.718. The number of methoxy groups -OCH3 is 1. The summed E-state index contributed by atoms with van der Waals surface area (Å²) in [4.78, 5) is 17.1. The molecule has 0 saturated heterocycles.